The van der Waals surface area contributed by atoms with Crippen LogP contribution in [0.3, 0.4) is 0 Å². The van der Waals surface area contributed by atoms with Crippen LogP contribution < -0.4 is 0 Å². The third-order valence-corrected chi connectivity index (χ3v) is 4.87. The minimum atomic E-state index is 0.144. The molecule has 2 saturated carbocycles. The van der Waals surface area contributed by atoms with Gasteiger partial charge in [0.1, 0.15) is 5.78 Å². The van der Waals surface area contributed by atoms with E-state index >= 15 is 0 Å². The second kappa shape index (κ2) is 4.38. The molecule has 0 amide bonds. The Morgan fingerprint density at radius 3 is 2.67 bits per heavy atom. The number of fused-ring (bicyclic) bond motifs is 1. The van der Waals surface area contributed by atoms with E-state index in [1.807, 2.05) is 6.07 Å². The molecule has 2 atom stereocenters. The maximum Gasteiger partial charge on any atom is 0.133 e. The zero-order valence-electron chi connectivity index (χ0n) is 11.0. The van der Waals surface area contributed by atoms with Crippen molar-refractivity contribution in [3.05, 3.63) is 41.5 Å². The van der Waals surface area contributed by atoms with Crippen molar-refractivity contribution in [2.45, 2.75) is 39.0 Å². The average Bonchev–Trinajstić information content (AvgIpc) is 2.67. The van der Waals surface area contributed by atoms with Gasteiger partial charge in [-0.25, -0.2) is 0 Å². The largest absolute Gasteiger partial charge is 0.300 e. The van der Waals surface area contributed by atoms with Crippen LogP contribution in [-0.4, -0.2) is 5.78 Å². The van der Waals surface area contributed by atoms with Gasteiger partial charge in [0, 0.05) is 12.8 Å². The molecule has 0 unspecified atom stereocenters. The second-order valence-corrected chi connectivity index (χ2v) is 5.99. The van der Waals surface area contributed by atoms with E-state index in [4.69, 9.17) is 0 Å². The molecule has 0 spiro atoms. The summed E-state index contributed by atoms with van der Waals surface area (Å²) in [4.78, 5) is 11.8. The number of rotatable bonds is 1. The maximum atomic E-state index is 11.8. The highest BCUT2D eigenvalue weighted by molar-refractivity contribution is 5.81. The number of hydrogen-bond donors (Lipinski definition) is 0. The lowest BCUT2D eigenvalue weighted by Gasteiger charge is -2.36. The molecular formula is C17H20O. The lowest BCUT2D eigenvalue weighted by atomic mass is 9.67. The molecule has 18 heavy (non-hydrogen) atoms. The molecule has 1 heteroatoms. The van der Waals surface area contributed by atoms with Gasteiger partial charge in [-0.3, -0.25) is 4.79 Å². The highest BCUT2D eigenvalue weighted by Crippen LogP contribution is 2.54. The van der Waals surface area contributed by atoms with Gasteiger partial charge >= 0.3 is 0 Å². The summed E-state index contributed by atoms with van der Waals surface area (Å²) in [7, 11) is 0. The van der Waals surface area contributed by atoms with Gasteiger partial charge in [0.2, 0.25) is 0 Å². The van der Waals surface area contributed by atoms with Gasteiger partial charge in [-0.1, -0.05) is 48.9 Å². The van der Waals surface area contributed by atoms with Gasteiger partial charge in [0.05, 0.1) is 0 Å². The number of allylic oxidation sites excluding steroid dienone is 1. The first-order valence-corrected chi connectivity index (χ1v) is 6.96. The zero-order valence-corrected chi connectivity index (χ0v) is 11.0. The number of carbonyl (C=O) groups is 1. The summed E-state index contributed by atoms with van der Waals surface area (Å²) in [5.41, 5.74) is 2.91. The van der Waals surface area contributed by atoms with Crippen LogP contribution in [0.4, 0.5) is 0 Å². The Morgan fingerprint density at radius 2 is 1.89 bits per heavy atom. The van der Waals surface area contributed by atoms with Crippen LogP contribution in [0.5, 0.6) is 0 Å². The molecule has 2 aliphatic carbocycles. The standard InChI is InChI=1S/C17H20O/c1-17-12-16(18)10-9-14(17)7-8-15(17)11-13-5-3-2-4-6-13/h2-6,11,14H,7-10,12H2,1H3/b15-11+/t14-,17+/m1/s1. The Kier molecular flexibility index (Phi) is 2.85. The first-order valence-electron chi connectivity index (χ1n) is 6.96. The third-order valence-electron chi connectivity index (χ3n) is 4.87. The smallest absolute Gasteiger partial charge is 0.133 e. The number of ketones is 1. The molecule has 0 N–H and O–H groups in total. The minimum Gasteiger partial charge on any atom is -0.300 e. The van der Waals surface area contributed by atoms with Crippen LogP contribution >= 0.6 is 0 Å². The monoisotopic (exact) mass is 240 g/mol. The summed E-state index contributed by atoms with van der Waals surface area (Å²) < 4.78 is 0. The highest BCUT2D eigenvalue weighted by atomic mass is 16.1. The molecule has 3 rings (SSSR count). The third kappa shape index (κ3) is 1.92. The van der Waals surface area contributed by atoms with Gasteiger partial charge in [0.15, 0.2) is 0 Å². The molecule has 1 aromatic carbocycles. The summed E-state index contributed by atoms with van der Waals surface area (Å²) in [5, 5.41) is 0. The van der Waals surface area contributed by atoms with E-state index in [-0.39, 0.29) is 5.41 Å². The topological polar surface area (TPSA) is 17.1 Å². The molecule has 2 aliphatic rings. The van der Waals surface area contributed by atoms with Gasteiger partial charge in [-0.05, 0) is 36.2 Å². The van der Waals surface area contributed by atoms with Gasteiger partial charge < -0.3 is 0 Å². The fourth-order valence-corrected chi connectivity index (χ4v) is 3.74. The Hall–Kier alpha value is -1.37. The predicted molar refractivity (Wildman–Crippen MR) is 74.1 cm³/mol. The lowest BCUT2D eigenvalue weighted by molar-refractivity contribution is -0.123. The SMILES string of the molecule is C[C@]12CC(=O)CC[C@H]1CC/C2=C\c1ccccc1. The van der Waals surface area contributed by atoms with E-state index in [0.29, 0.717) is 5.78 Å². The van der Waals surface area contributed by atoms with E-state index in [1.165, 1.54) is 24.0 Å². The molecule has 0 heterocycles. The molecule has 1 aromatic rings. The van der Waals surface area contributed by atoms with Crippen molar-refractivity contribution < 1.29 is 4.79 Å². The summed E-state index contributed by atoms with van der Waals surface area (Å²) in [6.07, 6.45) is 7.42. The van der Waals surface area contributed by atoms with Crippen LogP contribution in [0.15, 0.2) is 35.9 Å². The summed E-state index contributed by atoms with van der Waals surface area (Å²) in [6, 6.07) is 10.5. The second-order valence-electron chi connectivity index (χ2n) is 5.99. The first-order chi connectivity index (χ1) is 8.68. The molecule has 0 bridgehead atoms. The molecule has 94 valence electrons. The Balaban J connectivity index is 1.94. The molecule has 0 radical (unpaired) electrons. The quantitative estimate of drug-likeness (QED) is 0.717. The lowest BCUT2D eigenvalue weighted by Crippen LogP contribution is -2.31. The van der Waals surface area contributed by atoms with Crippen molar-refractivity contribution in [1.82, 2.24) is 0 Å². The van der Waals surface area contributed by atoms with Gasteiger partial charge in [-0.15, -0.1) is 0 Å². The molecule has 0 aliphatic heterocycles. The van der Waals surface area contributed by atoms with Crippen LogP contribution in [-0.2, 0) is 4.79 Å². The Morgan fingerprint density at radius 1 is 1.17 bits per heavy atom. The fourth-order valence-electron chi connectivity index (χ4n) is 3.74. The minimum absolute atomic E-state index is 0.144. The van der Waals surface area contributed by atoms with Gasteiger partial charge in [-0.2, -0.15) is 0 Å². The van der Waals surface area contributed by atoms with Crippen molar-refractivity contribution in [3.8, 4) is 0 Å². The normalized spacial score (nSPS) is 33.7. The van der Waals surface area contributed by atoms with E-state index in [1.54, 1.807) is 0 Å². The first kappa shape index (κ1) is 11.7. The molecular weight excluding hydrogens is 220 g/mol. The molecule has 0 saturated heterocycles. The summed E-state index contributed by atoms with van der Waals surface area (Å²) in [5.74, 6) is 1.18. The summed E-state index contributed by atoms with van der Waals surface area (Å²) in [6.45, 7) is 2.30. The Bertz CT molecular complexity index is 486. The van der Waals surface area contributed by atoms with Crippen LogP contribution in [0.25, 0.3) is 6.08 Å². The molecule has 2 fully saturated rings. The highest BCUT2D eigenvalue weighted by Gasteiger charge is 2.46. The number of Topliss-reactive ketones (excluding diaryl/α,β-unsaturated/α-hetero) is 1. The van der Waals surface area contributed by atoms with Crippen molar-refractivity contribution in [3.63, 3.8) is 0 Å². The predicted octanol–water partition coefficient (Wildman–Crippen LogP) is 4.24. The van der Waals surface area contributed by atoms with Gasteiger partial charge in [0.25, 0.3) is 0 Å². The van der Waals surface area contributed by atoms with Crippen LogP contribution in [0.2, 0.25) is 0 Å². The van der Waals surface area contributed by atoms with E-state index in [0.717, 1.165) is 25.2 Å². The molecule has 0 aromatic heterocycles. The Labute approximate surface area is 109 Å². The van der Waals surface area contributed by atoms with Crippen molar-refractivity contribution in [2.75, 3.05) is 0 Å². The summed E-state index contributed by atoms with van der Waals surface area (Å²) >= 11 is 0. The van der Waals surface area contributed by atoms with Crippen molar-refractivity contribution in [2.24, 2.45) is 11.3 Å². The molecule has 1 nitrogen and oxygen atoms in total. The fraction of sp³-hybridized carbons (Fsp3) is 0.471. The van der Waals surface area contributed by atoms with E-state index in [9.17, 15) is 4.79 Å². The zero-order chi connectivity index (χ0) is 12.6. The number of carbonyl (C=O) groups excluding carboxylic acids is 1. The van der Waals surface area contributed by atoms with Crippen LogP contribution in [0, 0.1) is 11.3 Å². The van der Waals surface area contributed by atoms with E-state index in [2.05, 4.69) is 37.3 Å². The van der Waals surface area contributed by atoms with E-state index < -0.39 is 0 Å². The number of benzene rings is 1. The van der Waals surface area contributed by atoms with Crippen molar-refractivity contribution in [1.29, 1.82) is 0 Å². The average molecular weight is 240 g/mol. The number of hydrogen-bond acceptors (Lipinski definition) is 1. The maximum absolute atomic E-state index is 11.8. The van der Waals surface area contributed by atoms with Crippen molar-refractivity contribution >= 4 is 11.9 Å². The van der Waals surface area contributed by atoms with Crippen LogP contribution in [0.1, 0.15) is 44.6 Å².